The normalized spacial score (nSPS) is 13.5. The number of carbonyl (C=O) groups excluding carboxylic acids is 4. The Morgan fingerprint density at radius 3 is 1.23 bits per heavy atom. The topological polar surface area (TPSA) is 161 Å². The molecule has 0 saturated carbocycles. The lowest BCUT2D eigenvalue weighted by Gasteiger charge is -2.15. The van der Waals surface area contributed by atoms with Crippen LogP contribution in [0.25, 0.3) is 44.7 Å². The molecule has 0 radical (unpaired) electrons. The van der Waals surface area contributed by atoms with Crippen LogP contribution in [0.2, 0.25) is 0 Å². The van der Waals surface area contributed by atoms with E-state index in [1.165, 1.54) is 24.3 Å². The number of carbonyl (C=O) groups is 4. The molecule has 0 N–H and O–H groups in total. The number of nitrogens with zero attached hydrogens (tertiary/aromatic N) is 4. The molecule has 0 bridgehead atoms. The summed E-state index contributed by atoms with van der Waals surface area (Å²) >= 11 is 0. The van der Waals surface area contributed by atoms with Gasteiger partial charge < -0.3 is 8.83 Å². The third-order valence-corrected chi connectivity index (χ3v) is 10.1. The van der Waals surface area contributed by atoms with Gasteiger partial charge in [0.25, 0.3) is 23.6 Å². The van der Waals surface area contributed by atoms with Gasteiger partial charge >= 0.3 is 11.3 Å². The van der Waals surface area contributed by atoms with Gasteiger partial charge in [0.1, 0.15) is 0 Å². The molecule has 0 unspecified atom stereocenters. The minimum Gasteiger partial charge on any atom is -0.403 e. The molecule has 2 aliphatic heterocycles. The van der Waals surface area contributed by atoms with Gasteiger partial charge in [-0.1, -0.05) is 48.5 Å². The van der Waals surface area contributed by atoms with Crippen LogP contribution in [0, 0.1) is 0 Å². The van der Waals surface area contributed by atoms with Crippen LogP contribution in [0.15, 0.2) is 152 Å². The Labute approximate surface area is 320 Å². The fourth-order valence-electron chi connectivity index (χ4n) is 7.26. The lowest BCUT2D eigenvalue weighted by Crippen LogP contribution is -2.29. The number of para-hydroxylation sites is 2. The summed E-state index contributed by atoms with van der Waals surface area (Å²) in [6.07, 6.45) is 0.492. The molecule has 0 atom stereocenters. The van der Waals surface area contributed by atoms with Crippen LogP contribution in [0.5, 0.6) is 0 Å². The first-order valence-corrected chi connectivity index (χ1v) is 17.8. The molecule has 0 fully saturated rings. The Kier molecular flexibility index (Phi) is 7.48. The second kappa shape index (κ2) is 12.7. The maximum absolute atomic E-state index is 13.6. The van der Waals surface area contributed by atoms with Crippen LogP contribution in [-0.4, -0.2) is 33.6 Å². The first kappa shape index (κ1) is 33.4. The first-order chi connectivity index (χ1) is 27.7. The van der Waals surface area contributed by atoms with Crippen LogP contribution in [-0.2, 0) is 6.42 Å². The van der Waals surface area contributed by atoms with Crippen molar-refractivity contribution in [3.8, 4) is 22.9 Å². The molecule has 272 valence electrons. The van der Waals surface area contributed by atoms with Gasteiger partial charge in [-0.15, -0.1) is 0 Å². The monoisotopic (exact) mass is 748 g/mol. The molecule has 2 aromatic heterocycles. The lowest BCUT2D eigenvalue weighted by molar-refractivity contribution is 0.0910. The van der Waals surface area contributed by atoms with Crippen molar-refractivity contribution in [2.24, 2.45) is 0 Å². The second-order valence-corrected chi connectivity index (χ2v) is 13.6. The number of anilines is 2. The molecular weight excluding hydrogens is 725 g/mol. The lowest BCUT2D eigenvalue weighted by atomic mass is 10.0. The molecule has 4 heterocycles. The van der Waals surface area contributed by atoms with Crippen molar-refractivity contribution < 1.29 is 28.0 Å². The quantitative estimate of drug-likeness (QED) is 0.159. The summed E-state index contributed by atoms with van der Waals surface area (Å²) in [6, 6.07) is 36.9. The van der Waals surface area contributed by atoms with Crippen LogP contribution in [0.3, 0.4) is 0 Å². The van der Waals surface area contributed by atoms with Gasteiger partial charge in [-0.05, 0) is 102 Å². The maximum atomic E-state index is 13.6. The molecule has 12 heteroatoms. The van der Waals surface area contributed by atoms with E-state index in [1.54, 1.807) is 84.9 Å². The van der Waals surface area contributed by atoms with Crippen molar-refractivity contribution in [1.82, 2.24) is 9.97 Å². The van der Waals surface area contributed by atoms with Crippen LogP contribution < -0.4 is 21.1 Å². The van der Waals surface area contributed by atoms with E-state index in [1.807, 2.05) is 24.3 Å². The van der Waals surface area contributed by atoms with Crippen molar-refractivity contribution in [2.45, 2.75) is 6.42 Å². The SMILES string of the molecule is O=C1c2ccc(-c3nc4ccccc4c(=O)o3)cc2C(=O)N1c1ccc(Cc2ccc(N3C(=O)c4ccc(-c5nc6ccccc6c(=O)o5)cc4C3=O)cc2)cc1. The molecule has 8 aromatic rings. The molecule has 10 rings (SSSR count). The van der Waals surface area contributed by atoms with E-state index < -0.39 is 34.9 Å². The molecule has 57 heavy (non-hydrogen) atoms. The summed E-state index contributed by atoms with van der Waals surface area (Å²) in [6.45, 7) is 0. The molecular formula is C45H24N4O8. The largest absolute Gasteiger partial charge is 0.403 e. The average molecular weight is 749 g/mol. The number of benzene rings is 6. The van der Waals surface area contributed by atoms with Gasteiger partial charge in [-0.25, -0.2) is 29.4 Å². The van der Waals surface area contributed by atoms with E-state index in [9.17, 15) is 28.8 Å². The van der Waals surface area contributed by atoms with Gasteiger partial charge in [-0.3, -0.25) is 19.2 Å². The average Bonchev–Trinajstić information content (AvgIpc) is 3.64. The van der Waals surface area contributed by atoms with Crippen LogP contribution in [0.4, 0.5) is 11.4 Å². The minimum atomic E-state index is -0.553. The Balaban J connectivity index is 0.841. The highest BCUT2D eigenvalue weighted by molar-refractivity contribution is 6.35. The summed E-state index contributed by atoms with van der Waals surface area (Å²) in [4.78, 5) is 90.1. The van der Waals surface area contributed by atoms with Crippen molar-refractivity contribution in [2.75, 3.05) is 9.80 Å². The van der Waals surface area contributed by atoms with Gasteiger partial charge in [0.15, 0.2) is 0 Å². The molecule has 2 aliphatic rings. The van der Waals surface area contributed by atoms with E-state index in [2.05, 4.69) is 9.97 Å². The van der Waals surface area contributed by atoms with E-state index >= 15 is 0 Å². The van der Waals surface area contributed by atoms with Gasteiger partial charge in [0.2, 0.25) is 11.8 Å². The Morgan fingerprint density at radius 2 is 0.807 bits per heavy atom. The predicted octanol–water partition coefficient (Wildman–Crippen LogP) is 7.22. The third-order valence-electron chi connectivity index (χ3n) is 10.1. The zero-order valence-corrected chi connectivity index (χ0v) is 29.5. The highest BCUT2D eigenvalue weighted by Crippen LogP contribution is 2.34. The Bertz CT molecular complexity index is 2970. The molecule has 4 amide bonds. The van der Waals surface area contributed by atoms with Crippen LogP contribution >= 0.6 is 0 Å². The number of rotatable bonds is 6. The van der Waals surface area contributed by atoms with Gasteiger partial charge in [0.05, 0.1) is 55.4 Å². The summed E-state index contributed by atoms with van der Waals surface area (Å²) in [5.74, 6) is -1.88. The first-order valence-electron chi connectivity index (χ1n) is 17.8. The van der Waals surface area contributed by atoms with Gasteiger partial charge in [0, 0.05) is 11.1 Å². The predicted molar refractivity (Wildman–Crippen MR) is 209 cm³/mol. The van der Waals surface area contributed by atoms with Crippen LogP contribution in [0.1, 0.15) is 52.6 Å². The van der Waals surface area contributed by atoms with E-state index in [0.29, 0.717) is 50.7 Å². The van der Waals surface area contributed by atoms with E-state index in [-0.39, 0.29) is 34.0 Å². The zero-order chi connectivity index (χ0) is 38.9. The van der Waals surface area contributed by atoms with E-state index in [4.69, 9.17) is 8.83 Å². The highest BCUT2D eigenvalue weighted by Gasteiger charge is 2.38. The highest BCUT2D eigenvalue weighted by atomic mass is 16.4. The van der Waals surface area contributed by atoms with Crippen molar-refractivity contribution in [3.63, 3.8) is 0 Å². The van der Waals surface area contributed by atoms with E-state index in [0.717, 1.165) is 20.9 Å². The Hall–Kier alpha value is -8.12. The zero-order valence-electron chi connectivity index (χ0n) is 29.5. The number of fused-ring (bicyclic) bond motifs is 4. The van der Waals surface area contributed by atoms with Crippen molar-refractivity contribution in [3.05, 3.63) is 188 Å². The standard InChI is InChI=1S/C45H24N4O8/c50-40-30-19-13-26(38-46-36-7-3-1-5-32(36)44(54)56-38)22-34(30)42(52)48(40)28-15-9-24(10-16-28)21-25-11-17-29(18-12-25)49-41(51)31-20-14-27(23-35(31)43(49)53)39-47-37-8-4-2-6-33(37)45(55)57-39/h1-20,22-23H,21H2. The van der Waals surface area contributed by atoms with Crippen molar-refractivity contribution >= 4 is 56.8 Å². The van der Waals surface area contributed by atoms with Gasteiger partial charge in [-0.2, -0.15) is 0 Å². The fourth-order valence-corrected chi connectivity index (χ4v) is 7.26. The molecule has 0 saturated heterocycles. The smallest absolute Gasteiger partial charge is 0.347 e. The number of aromatic nitrogens is 2. The Morgan fingerprint density at radius 1 is 0.421 bits per heavy atom. The number of hydrogen-bond acceptors (Lipinski definition) is 10. The molecule has 0 spiro atoms. The third kappa shape index (κ3) is 5.46. The minimum absolute atomic E-state index is 0.0443. The summed E-state index contributed by atoms with van der Waals surface area (Å²) in [5, 5.41) is 0.680. The number of imide groups is 2. The summed E-state index contributed by atoms with van der Waals surface area (Å²) < 4.78 is 10.9. The molecule has 12 nitrogen and oxygen atoms in total. The fraction of sp³-hybridized carbons (Fsp3) is 0.0222. The summed E-state index contributed by atoms with van der Waals surface area (Å²) in [7, 11) is 0. The maximum Gasteiger partial charge on any atom is 0.347 e. The second-order valence-electron chi connectivity index (χ2n) is 13.6. The molecule has 6 aromatic carbocycles. The number of hydrogen-bond donors (Lipinski definition) is 0. The molecule has 0 aliphatic carbocycles. The van der Waals surface area contributed by atoms with Crippen molar-refractivity contribution in [1.29, 1.82) is 0 Å². The number of amides is 4. The summed E-state index contributed by atoms with van der Waals surface area (Å²) in [5.41, 5.74) is 3.96.